The first-order chi connectivity index (χ1) is 13.7. The molecule has 1 heterocycles. The zero-order valence-corrected chi connectivity index (χ0v) is 15.2. The highest BCUT2D eigenvalue weighted by Gasteiger charge is 2.34. The van der Waals surface area contributed by atoms with Gasteiger partial charge in [0.25, 0.3) is 5.69 Å². The molecule has 0 spiro atoms. The van der Waals surface area contributed by atoms with Crippen molar-refractivity contribution in [3.63, 3.8) is 0 Å². The molecule has 3 rings (SSSR count). The predicted octanol–water partition coefficient (Wildman–Crippen LogP) is 3.88. The van der Waals surface area contributed by atoms with Crippen LogP contribution in [0, 0.1) is 10.1 Å². The average Bonchev–Trinajstić information content (AvgIpc) is 2.67. The van der Waals surface area contributed by atoms with Crippen molar-refractivity contribution in [2.45, 2.75) is 11.1 Å². The van der Waals surface area contributed by atoms with E-state index in [0.717, 1.165) is 6.07 Å². The van der Waals surface area contributed by atoms with Crippen molar-refractivity contribution in [1.29, 1.82) is 0 Å². The molecular formula is C18H11F3N2O5S. The van der Waals surface area contributed by atoms with Crippen molar-refractivity contribution >= 4 is 33.4 Å². The number of carbonyl (C=O) groups is 1. The molecule has 0 aliphatic rings. The second-order valence-corrected chi connectivity index (χ2v) is 7.15. The Bertz CT molecular complexity index is 1130. The van der Waals surface area contributed by atoms with Gasteiger partial charge in [0, 0.05) is 17.6 Å². The highest BCUT2D eigenvalue weighted by atomic mass is 32.2. The third-order valence-corrected chi connectivity index (χ3v) is 5.13. The number of carbonyl (C=O) groups excluding carboxylic acids is 1. The topological polar surface area (TPSA) is 99.4 Å². The third kappa shape index (κ3) is 4.57. The lowest BCUT2D eigenvalue weighted by molar-refractivity contribution is -0.388. The van der Waals surface area contributed by atoms with E-state index in [9.17, 15) is 32.3 Å². The van der Waals surface area contributed by atoms with Crippen LogP contribution in [-0.4, -0.2) is 25.8 Å². The molecule has 0 amide bonds. The number of rotatable bonds is 5. The Labute approximate surface area is 163 Å². The Morgan fingerprint density at radius 1 is 1.17 bits per heavy atom. The van der Waals surface area contributed by atoms with E-state index in [0.29, 0.717) is 17.0 Å². The van der Waals surface area contributed by atoms with Crippen molar-refractivity contribution < 1.29 is 31.8 Å². The van der Waals surface area contributed by atoms with Gasteiger partial charge in [-0.25, -0.2) is 0 Å². The van der Waals surface area contributed by atoms with Crippen molar-refractivity contribution in [2.24, 2.45) is 0 Å². The monoisotopic (exact) mass is 424 g/mol. The van der Waals surface area contributed by atoms with Crippen LogP contribution in [0.25, 0.3) is 10.9 Å². The van der Waals surface area contributed by atoms with Gasteiger partial charge in [-0.3, -0.25) is 24.1 Å². The number of nitro groups is 1. The fraction of sp³-hybridized carbons (Fsp3) is 0.111. The SMILES string of the molecule is O=C(CS(=O)c1ccc(C(F)(F)F)cc1[N+](=O)[O-])Oc1cccc2cccnc12. The molecule has 1 atom stereocenters. The summed E-state index contributed by atoms with van der Waals surface area (Å²) in [5.74, 6) is -1.65. The van der Waals surface area contributed by atoms with Gasteiger partial charge >= 0.3 is 12.1 Å². The molecule has 0 N–H and O–H groups in total. The number of hydrogen-bond acceptors (Lipinski definition) is 6. The number of nitrogens with zero attached hydrogens (tertiary/aromatic N) is 2. The van der Waals surface area contributed by atoms with E-state index in [1.807, 2.05) is 0 Å². The van der Waals surface area contributed by atoms with Crippen LogP contribution < -0.4 is 4.74 Å². The highest BCUT2D eigenvalue weighted by Crippen LogP contribution is 2.34. The molecule has 0 radical (unpaired) electrons. The number of fused-ring (bicyclic) bond motifs is 1. The Morgan fingerprint density at radius 2 is 1.90 bits per heavy atom. The van der Waals surface area contributed by atoms with Crippen LogP contribution in [0.5, 0.6) is 5.75 Å². The number of ether oxygens (including phenoxy) is 1. The Kier molecular flexibility index (Phi) is 5.59. The molecule has 7 nitrogen and oxygen atoms in total. The van der Waals surface area contributed by atoms with Gasteiger partial charge in [0.1, 0.15) is 16.2 Å². The minimum atomic E-state index is -4.80. The molecule has 150 valence electrons. The molecule has 0 saturated carbocycles. The second-order valence-electron chi connectivity index (χ2n) is 5.73. The van der Waals surface area contributed by atoms with Crippen LogP contribution in [0.2, 0.25) is 0 Å². The predicted molar refractivity (Wildman–Crippen MR) is 96.8 cm³/mol. The zero-order valence-electron chi connectivity index (χ0n) is 14.4. The van der Waals surface area contributed by atoms with Crippen LogP contribution >= 0.6 is 0 Å². The summed E-state index contributed by atoms with van der Waals surface area (Å²) < 4.78 is 55.9. The second kappa shape index (κ2) is 7.95. The molecule has 2 aromatic carbocycles. The van der Waals surface area contributed by atoms with Crippen LogP contribution in [0.3, 0.4) is 0 Å². The number of hydrogen-bond donors (Lipinski definition) is 0. The summed E-state index contributed by atoms with van der Waals surface area (Å²) >= 11 is 0. The maximum atomic E-state index is 12.8. The van der Waals surface area contributed by atoms with Gasteiger partial charge in [-0.2, -0.15) is 13.2 Å². The number of pyridine rings is 1. The number of para-hydroxylation sites is 1. The van der Waals surface area contributed by atoms with Crippen LogP contribution in [0.15, 0.2) is 59.6 Å². The fourth-order valence-electron chi connectivity index (χ4n) is 2.52. The van der Waals surface area contributed by atoms with Gasteiger partial charge < -0.3 is 4.74 Å². The van der Waals surface area contributed by atoms with E-state index in [4.69, 9.17) is 4.74 Å². The van der Waals surface area contributed by atoms with Gasteiger partial charge in [-0.05, 0) is 24.3 Å². The van der Waals surface area contributed by atoms with Crippen molar-refractivity contribution in [1.82, 2.24) is 4.98 Å². The smallest absolute Gasteiger partial charge is 0.416 e. The number of nitro benzene ring substituents is 1. The quantitative estimate of drug-likeness (QED) is 0.267. The van der Waals surface area contributed by atoms with Crippen molar-refractivity contribution in [2.75, 3.05) is 5.75 Å². The lowest BCUT2D eigenvalue weighted by Gasteiger charge is -2.09. The summed E-state index contributed by atoms with van der Waals surface area (Å²) in [6.45, 7) is 0. The number of esters is 1. The first-order valence-corrected chi connectivity index (χ1v) is 9.27. The summed E-state index contributed by atoms with van der Waals surface area (Å²) in [4.78, 5) is 25.8. The normalized spacial score (nSPS) is 12.5. The molecule has 0 fully saturated rings. The molecule has 3 aromatic rings. The average molecular weight is 424 g/mol. The molecule has 1 aromatic heterocycles. The van der Waals surface area contributed by atoms with Crippen LogP contribution in [-0.2, 0) is 21.8 Å². The van der Waals surface area contributed by atoms with Gasteiger partial charge in [0.2, 0.25) is 0 Å². The summed E-state index contributed by atoms with van der Waals surface area (Å²) in [5.41, 5.74) is -1.86. The summed E-state index contributed by atoms with van der Waals surface area (Å²) in [6.07, 6.45) is -3.31. The summed E-state index contributed by atoms with van der Waals surface area (Å²) in [7, 11) is -2.29. The Morgan fingerprint density at radius 3 is 2.59 bits per heavy atom. The third-order valence-electron chi connectivity index (χ3n) is 3.80. The fourth-order valence-corrected chi connectivity index (χ4v) is 3.54. The zero-order chi connectivity index (χ0) is 21.2. The van der Waals surface area contributed by atoms with E-state index < -0.39 is 49.8 Å². The van der Waals surface area contributed by atoms with Gasteiger partial charge in [-0.15, -0.1) is 0 Å². The standard InChI is InChI=1S/C18H11F3N2O5S/c19-18(20,21)12-6-7-15(13(9-12)23(25)26)29(27)10-16(24)28-14-5-1-3-11-4-2-8-22-17(11)14/h1-9H,10H2. The Balaban J connectivity index is 1.82. The molecule has 0 bridgehead atoms. The highest BCUT2D eigenvalue weighted by molar-refractivity contribution is 7.85. The maximum Gasteiger partial charge on any atom is 0.416 e. The molecule has 11 heteroatoms. The first kappa shape index (κ1) is 20.4. The van der Waals surface area contributed by atoms with Crippen molar-refractivity contribution in [3.8, 4) is 5.75 Å². The minimum Gasteiger partial charge on any atom is -0.423 e. The van der Waals surface area contributed by atoms with Crippen LogP contribution in [0.1, 0.15) is 5.56 Å². The maximum absolute atomic E-state index is 12.8. The van der Waals surface area contributed by atoms with E-state index >= 15 is 0 Å². The largest absolute Gasteiger partial charge is 0.423 e. The number of alkyl halides is 3. The molecule has 0 aliphatic carbocycles. The number of benzene rings is 2. The van der Waals surface area contributed by atoms with E-state index in [2.05, 4.69) is 4.98 Å². The number of halogens is 3. The van der Waals surface area contributed by atoms with E-state index in [-0.39, 0.29) is 11.8 Å². The van der Waals surface area contributed by atoms with E-state index in [1.165, 1.54) is 12.3 Å². The molecular weight excluding hydrogens is 413 g/mol. The van der Waals surface area contributed by atoms with Crippen LogP contribution in [0.4, 0.5) is 18.9 Å². The molecule has 1 unspecified atom stereocenters. The number of aromatic nitrogens is 1. The molecule has 0 aliphatic heterocycles. The van der Waals surface area contributed by atoms with Gasteiger partial charge in [0.05, 0.1) is 21.3 Å². The molecule has 0 saturated heterocycles. The first-order valence-electron chi connectivity index (χ1n) is 7.95. The summed E-state index contributed by atoms with van der Waals surface area (Å²) in [5, 5.41) is 11.8. The van der Waals surface area contributed by atoms with E-state index in [1.54, 1.807) is 24.3 Å². The van der Waals surface area contributed by atoms with Gasteiger partial charge in [-0.1, -0.05) is 18.2 Å². The summed E-state index contributed by atoms with van der Waals surface area (Å²) in [6, 6.07) is 9.83. The van der Waals surface area contributed by atoms with Gasteiger partial charge in [0.15, 0.2) is 5.75 Å². The lowest BCUT2D eigenvalue weighted by Crippen LogP contribution is -2.18. The van der Waals surface area contributed by atoms with Crippen molar-refractivity contribution in [3.05, 3.63) is 70.4 Å². The molecule has 29 heavy (non-hydrogen) atoms. The lowest BCUT2D eigenvalue weighted by atomic mass is 10.2. The minimum absolute atomic E-state index is 0.104. The Hall–Kier alpha value is -3.34.